The molecule has 2 aromatic rings. The van der Waals surface area contributed by atoms with Gasteiger partial charge in [0.2, 0.25) is 0 Å². The van der Waals surface area contributed by atoms with Gasteiger partial charge in [0.1, 0.15) is 5.76 Å². The first-order chi connectivity index (χ1) is 7.86. The van der Waals surface area contributed by atoms with Gasteiger partial charge in [-0.3, -0.25) is 4.79 Å². The molecule has 1 heterocycles. The van der Waals surface area contributed by atoms with Gasteiger partial charge < -0.3 is 4.42 Å². The molecule has 16 heavy (non-hydrogen) atoms. The molecular formula is C14H12O2. The van der Waals surface area contributed by atoms with Crippen LogP contribution in [0, 0.1) is 5.92 Å². The highest BCUT2D eigenvalue weighted by molar-refractivity contribution is 6.00. The minimum Gasteiger partial charge on any atom is -0.469 e. The van der Waals surface area contributed by atoms with Crippen molar-refractivity contribution in [1.82, 2.24) is 0 Å². The fourth-order valence-electron chi connectivity index (χ4n) is 2.12. The zero-order valence-electron chi connectivity index (χ0n) is 8.80. The summed E-state index contributed by atoms with van der Waals surface area (Å²) in [6.07, 6.45) is 2.58. The van der Waals surface area contributed by atoms with E-state index in [1.54, 1.807) is 6.26 Å². The van der Waals surface area contributed by atoms with Gasteiger partial charge in [-0.1, -0.05) is 30.3 Å². The van der Waals surface area contributed by atoms with Crippen molar-refractivity contribution in [3.63, 3.8) is 0 Å². The fraction of sp³-hybridized carbons (Fsp3) is 0.214. The molecule has 0 aliphatic heterocycles. The van der Waals surface area contributed by atoms with Crippen molar-refractivity contribution >= 4 is 5.78 Å². The lowest BCUT2D eigenvalue weighted by Gasteiger charge is -1.98. The summed E-state index contributed by atoms with van der Waals surface area (Å²) in [7, 11) is 0. The smallest absolute Gasteiger partial charge is 0.166 e. The van der Waals surface area contributed by atoms with Crippen molar-refractivity contribution < 1.29 is 9.21 Å². The zero-order valence-corrected chi connectivity index (χ0v) is 8.80. The summed E-state index contributed by atoms with van der Waals surface area (Å²) in [6.45, 7) is 0. The Morgan fingerprint density at radius 1 is 1.12 bits per heavy atom. The van der Waals surface area contributed by atoms with Crippen molar-refractivity contribution in [3.8, 4) is 0 Å². The minimum absolute atomic E-state index is 0.119. The van der Waals surface area contributed by atoms with Crippen LogP contribution in [0.4, 0.5) is 0 Å². The Labute approximate surface area is 93.9 Å². The first-order valence-corrected chi connectivity index (χ1v) is 5.49. The summed E-state index contributed by atoms with van der Waals surface area (Å²) in [5.41, 5.74) is 0.807. The summed E-state index contributed by atoms with van der Waals surface area (Å²) in [6, 6.07) is 13.3. The van der Waals surface area contributed by atoms with Crippen LogP contribution in [0.5, 0.6) is 0 Å². The van der Waals surface area contributed by atoms with Gasteiger partial charge in [-0.2, -0.15) is 0 Å². The van der Waals surface area contributed by atoms with E-state index in [1.807, 2.05) is 42.5 Å². The van der Waals surface area contributed by atoms with E-state index in [0.717, 1.165) is 17.7 Å². The first-order valence-electron chi connectivity index (χ1n) is 5.49. The third-order valence-electron chi connectivity index (χ3n) is 3.09. The van der Waals surface area contributed by atoms with Crippen molar-refractivity contribution in [2.24, 2.45) is 5.92 Å². The maximum Gasteiger partial charge on any atom is 0.166 e. The number of carbonyl (C=O) groups is 1. The van der Waals surface area contributed by atoms with E-state index in [0.29, 0.717) is 5.92 Å². The Morgan fingerprint density at radius 3 is 2.62 bits per heavy atom. The Morgan fingerprint density at radius 2 is 1.94 bits per heavy atom. The molecule has 0 radical (unpaired) electrons. The Hall–Kier alpha value is -1.83. The van der Waals surface area contributed by atoms with E-state index in [-0.39, 0.29) is 11.7 Å². The van der Waals surface area contributed by atoms with Gasteiger partial charge in [0.15, 0.2) is 5.78 Å². The van der Waals surface area contributed by atoms with E-state index in [9.17, 15) is 4.79 Å². The molecule has 0 bridgehead atoms. The van der Waals surface area contributed by atoms with Gasteiger partial charge >= 0.3 is 0 Å². The maximum atomic E-state index is 12.1. The molecule has 1 fully saturated rings. The van der Waals surface area contributed by atoms with Crippen LogP contribution in [0.25, 0.3) is 0 Å². The van der Waals surface area contributed by atoms with Crippen molar-refractivity contribution in [1.29, 1.82) is 0 Å². The number of hydrogen-bond donors (Lipinski definition) is 0. The van der Waals surface area contributed by atoms with Crippen molar-refractivity contribution in [2.45, 2.75) is 12.3 Å². The van der Waals surface area contributed by atoms with E-state index in [4.69, 9.17) is 4.42 Å². The molecule has 1 aromatic heterocycles. The predicted octanol–water partition coefficient (Wildman–Crippen LogP) is 3.27. The van der Waals surface area contributed by atoms with Gasteiger partial charge in [0.05, 0.1) is 6.26 Å². The molecule has 0 amide bonds. The van der Waals surface area contributed by atoms with Gasteiger partial charge in [-0.25, -0.2) is 0 Å². The molecule has 3 rings (SSSR count). The lowest BCUT2D eigenvalue weighted by atomic mass is 10.1. The van der Waals surface area contributed by atoms with Gasteiger partial charge in [-0.05, 0) is 18.6 Å². The van der Waals surface area contributed by atoms with Crippen LogP contribution in [0.1, 0.15) is 28.5 Å². The van der Waals surface area contributed by atoms with E-state index in [2.05, 4.69) is 0 Å². The lowest BCUT2D eigenvalue weighted by molar-refractivity contribution is 0.0964. The second kappa shape index (κ2) is 3.63. The standard InChI is InChI=1S/C14H12O2/c15-14(10-5-2-1-3-6-10)12-9-11(12)13-7-4-8-16-13/h1-8,11-12H,9H2/t11-,12-/m0/s1. The van der Waals surface area contributed by atoms with Crippen LogP contribution in [0.2, 0.25) is 0 Å². The van der Waals surface area contributed by atoms with Crippen LogP contribution < -0.4 is 0 Å². The van der Waals surface area contributed by atoms with Gasteiger partial charge in [0, 0.05) is 17.4 Å². The number of carbonyl (C=O) groups excluding carboxylic acids is 1. The van der Waals surface area contributed by atoms with Crippen LogP contribution in [-0.4, -0.2) is 5.78 Å². The molecule has 2 nitrogen and oxygen atoms in total. The molecule has 1 aliphatic rings. The number of furan rings is 1. The number of rotatable bonds is 3. The summed E-state index contributed by atoms with van der Waals surface area (Å²) < 4.78 is 5.32. The predicted molar refractivity (Wildman–Crippen MR) is 60.3 cm³/mol. The Bertz CT molecular complexity index is 485. The topological polar surface area (TPSA) is 30.2 Å². The SMILES string of the molecule is O=C(c1ccccc1)[C@H]1C[C@@H]1c1ccco1. The molecule has 80 valence electrons. The fourth-order valence-corrected chi connectivity index (χ4v) is 2.12. The highest BCUT2D eigenvalue weighted by atomic mass is 16.3. The number of ketones is 1. The molecule has 0 spiro atoms. The monoisotopic (exact) mass is 212 g/mol. The normalized spacial score (nSPS) is 23.0. The van der Waals surface area contributed by atoms with Gasteiger partial charge in [0.25, 0.3) is 0 Å². The number of Topliss-reactive ketones (excluding diaryl/α,β-unsaturated/α-hetero) is 1. The molecule has 0 unspecified atom stereocenters. The number of hydrogen-bond acceptors (Lipinski definition) is 2. The quantitative estimate of drug-likeness (QED) is 0.731. The molecular weight excluding hydrogens is 200 g/mol. The lowest BCUT2D eigenvalue weighted by Crippen LogP contribution is -2.02. The summed E-state index contributed by atoms with van der Waals surface area (Å²) in [5, 5.41) is 0. The maximum absolute atomic E-state index is 12.1. The van der Waals surface area contributed by atoms with Crippen molar-refractivity contribution in [2.75, 3.05) is 0 Å². The average molecular weight is 212 g/mol. The molecule has 2 heteroatoms. The van der Waals surface area contributed by atoms with Crippen LogP contribution in [0.3, 0.4) is 0 Å². The molecule has 1 aromatic carbocycles. The molecule has 2 atom stereocenters. The molecule has 0 N–H and O–H groups in total. The number of benzene rings is 1. The summed E-state index contributed by atoms with van der Waals surface area (Å²) in [4.78, 5) is 12.1. The van der Waals surface area contributed by atoms with E-state index < -0.39 is 0 Å². The third kappa shape index (κ3) is 1.56. The summed E-state index contributed by atoms with van der Waals surface area (Å²) in [5.74, 6) is 1.59. The second-order valence-corrected chi connectivity index (χ2v) is 4.19. The van der Waals surface area contributed by atoms with Gasteiger partial charge in [-0.15, -0.1) is 0 Å². The molecule has 1 aliphatic carbocycles. The van der Waals surface area contributed by atoms with Crippen LogP contribution in [0.15, 0.2) is 53.1 Å². The highest BCUT2D eigenvalue weighted by Gasteiger charge is 2.45. The Kier molecular flexibility index (Phi) is 2.13. The van der Waals surface area contributed by atoms with E-state index >= 15 is 0 Å². The second-order valence-electron chi connectivity index (χ2n) is 4.19. The Balaban J connectivity index is 1.76. The molecule has 1 saturated carbocycles. The third-order valence-corrected chi connectivity index (χ3v) is 3.09. The largest absolute Gasteiger partial charge is 0.469 e. The zero-order chi connectivity index (χ0) is 11.0. The molecule has 0 saturated heterocycles. The van der Waals surface area contributed by atoms with Crippen LogP contribution in [-0.2, 0) is 0 Å². The van der Waals surface area contributed by atoms with Crippen molar-refractivity contribution in [3.05, 3.63) is 60.1 Å². The first kappa shape index (κ1) is 9.40. The van der Waals surface area contributed by atoms with E-state index in [1.165, 1.54) is 0 Å². The summed E-state index contributed by atoms with van der Waals surface area (Å²) >= 11 is 0. The van der Waals surface area contributed by atoms with Crippen LogP contribution >= 0.6 is 0 Å². The average Bonchev–Trinajstić information content (AvgIpc) is 2.95. The highest BCUT2D eigenvalue weighted by Crippen LogP contribution is 2.49. The minimum atomic E-state index is 0.119.